The zero-order chi connectivity index (χ0) is 14.4. The third kappa shape index (κ3) is 3.74. The highest BCUT2D eigenvalue weighted by molar-refractivity contribution is 6.30. The lowest BCUT2D eigenvalue weighted by Gasteiger charge is -2.07. The van der Waals surface area contributed by atoms with Crippen LogP contribution in [0, 0.1) is 11.3 Å². The van der Waals surface area contributed by atoms with Crippen molar-refractivity contribution in [1.29, 1.82) is 5.26 Å². The van der Waals surface area contributed by atoms with Gasteiger partial charge in [0.05, 0.1) is 25.9 Å². The van der Waals surface area contributed by atoms with E-state index in [1.807, 2.05) is 30.3 Å². The minimum absolute atomic E-state index is 0.446. The molecule has 0 radical (unpaired) electrons. The molecule has 0 aliphatic carbocycles. The van der Waals surface area contributed by atoms with Gasteiger partial charge in [0.15, 0.2) is 0 Å². The summed E-state index contributed by atoms with van der Waals surface area (Å²) in [6, 6.07) is 15.1. The first-order valence-electron chi connectivity index (χ1n) is 6.12. The Balaban J connectivity index is 1.94. The first-order chi connectivity index (χ1) is 9.72. The van der Waals surface area contributed by atoms with Crippen LogP contribution in [0.1, 0.15) is 16.7 Å². The van der Waals surface area contributed by atoms with Crippen LogP contribution in [0.3, 0.4) is 0 Å². The van der Waals surface area contributed by atoms with Crippen LogP contribution in [-0.2, 0) is 18.0 Å². The second-order valence-electron chi connectivity index (χ2n) is 4.27. The van der Waals surface area contributed by atoms with Crippen molar-refractivity contribution in [2.75, 3.05) is 7.11 Å². The second-order valence-corrected chi connectivity index (χ2v) is 4.70. The van der Waals surface area contributed by atoms with Gasteiger partial charge in [-0.25, -0.2) is 0 Å². The maximum atomic E-state index is 9.02. The summed E-state index contributed by atoms with van der Waals surface area (Å²) in [6.45, 7) is 0.951. The number of hydrogen-bond acceptors (Lipinski definition) is 3. The molecule has 3 nitrogen and oxygen atoms in total. The van der Waals surface area contributed by atoms with Crippen LogP contribution >= 0.6 is 11.6 Å². The van der Waals surface area contributed by atoms with Gasteiger partial charge in [0.25, 0.3) is 0 Å². The average molecular weight is 288 g/mol. The van der Waals surface area contributed by atoms with E-state index in [1.165, 1.54) is 0 Å². The number of ether oxygens (including phenoxy) is 2. The number of rotatable bonds is 5. The van der Waals surface area contributed by atoms with Crippen molar-refractivity contribution in [2.24, 2.45) is 0 Å². The molecule has 2 rings (SSSR count). The highest BCUT2D eigenvalue weighted by atomic mass is 35.5. The van der Waals surface area contributed by atoms with Gasteiger partial charge in [-0.15, -0.1) is 0 Å². The fourth-order valence-corrected chi connectivity index (χ4v) is 1.93. The van der Waals surface area contributed by atoms with Gasteiger partial charge in [-0.3, -0.25) is 0 Å². The number of benzene rings is 2. The Kier molecular flexibility index (Phi) is 5.00. The molecule has 102 valence electrons. The van der Waals surface area contributed by atoms with Crippen LogP contribution < -0.4 is 4.74 Å². The number of halogens is 1. The zero-order valence-electron chi connectivity index (χ0n) is 11.1. The van der Waals surface area contributed by atoms with E-state index in [0.717, 1.165) is 11.1 Å². The summed E-state index contributed by atoms with van der Waals surface area (Å²) >= 11 is 5.82. The summed E-state index contributed by atoms with van der Waals surface area (Å²) in [5.74, 6) is 0.578. The van der Waals surface area contributed by atoms with Crippen molar-refractivity contribution in [3.8, 4) is 11.8 Å². The molecule has 0 atom stereocenters. The molecule has 0 saturated carbocycles. The molecule has 2 aromatic carbocycles. The zero-order valence-corrected chi connectivity index (χ0v) is 11.9. The lowest BCUT2D eigenvalue weighted by molar-refractivity contribution is 0.107. The third-order valence-electron chi connectivity index (χ3n) is 2.84. The van der Waals surface area contributed by atoms with Gasteiger partial charge in [-0.2, -0.15) is 5.26 Å². The van der Waals surface area contributed by atoms with Gasteiger partial charge >= 0.3 is 0 Å². The molecule has 4 heteroatoms. The van der Waals surface area contributed by atoms with Gasteiger partial charge < -0.3 is 9.47 Å². The van der Waals surface area contributed by atoms with Crippen LogP contribution in [0.15, 0.2) is 42.5 Å². The normalized spacial score (nSPS) is 10.1. The van der Waals surface area contributed by atoms with Crippen molar-refractivity contribution in [3.05, 3.63) is 64.2 Å². The SMILES string of the molecule is COc1ccc(COCc2ccc(Cl)cc2)cc1C#N. The Morgan fingerprint density at radius 2 is 1.70 bits per heavy atom. The minimum atomic E-state index is 0.446. The summed E-state index contributed by atoms with van der Waals surface area (Å²) in [6.07, 6.45) is 0. The van der Waals surface area contributed by atoms with Gasteiger partial charge in [-0.05, 0) is 35.4 Å². The van der Waals surface area contributed by atoms with E-state index in [-0.39, 0.29) is 0 Å². The summed E-state index contributed by atoms with van der Waals surface area (Å²) in [5.41, 5.74) is 2.51. The van der Waals surface area contributed by atoms with E-state index in [2.05, 4.69) is 6.07 Å². The Hall–Kier alpha value is -2.02. The van der Waals surface area contributed by atoms with Gasteiger partial charge in [0.2, 0.25) is 0 Å². The highest BCUT2D eigenvalue weighted by Crippen LogP contribution is 2.19. The summed E-state index contributed by atoms with van der Waals surface area (Å²) in [5, 5.41) is 9.73. The Labute approximate surface area is 123 Å². The number of hydrogen-bond donors (Lipinski definition) is 0. The van der Waals surface area contributed by atoms with Crippen molar-refractivity contribution >= 4 is 11.6 Å². The lowest BCUT2D eigenvalue weighted by atomic mass is 10.1. The van der Waals surface area contributed by atoms with Crippen LogP contribution in [0.5, 0.6) is 5.75 Å². The molecule has 0 saturated heterocycles. The smallest absolute Gasteiger partial charge is 0.136 e. The van der Waals surface area contributed by atoms with Crippen LogP contribution in [0.25, 0.3) is 0 Å². The molecule has 0 heterocycles. The maximum Gasteiger partial charge on any atom is 0.136 e. The third-order valence-corrected chi connectivity index (χ3v) is 3.09. The summed E-state index contributed by atoms with van der Waals surface area (Å²) in [4.78, 5) is 0. The lowest BCUT2D eigenvalue weighted by Crippen LogP contribution is -1.96. The van der Waals surface area contributed by atoms with E-state index in [0.29, 0.717) is 29.5 Å². The molecular weight excluding hydrogens is 274 g/mol. The van der Waals surface area contributed by atoms with Crippen molar-refractivity contribution in [3.63, 3.8) is 0 Å². The van der Waals surface area contributed by atoms with Gasteiger partial charge in [-0.1, -0.05) is 29.8 Å². The number of nitrogens with zero attached hydrogens (tertiary/aromatic N) is 1. The van der Waals surface area contributed by atoms with E-state index >= 15 is 0 Å². The van der Waals surface area contributed by atoms with Crippen molar-refractivity contribution in [2.45, 2.75) is 13.2 Å². The van der Waals surface area contributed by atoms with E-state index in [9.17, 15) is 0 Å². The number of methoxy groups -OCH3 is 1. The van der Waals surface area contributed by atoms with Gasteiger partial charge in [0.1, 0.15) is 11.8 Å². The van der Waals surface area contributed by atoms with Crippen LogP contribution in [0.2, 0.25) is 5.02 Å². The highest BCUT2D eigenvalue weighted by Gasteiger charge is 2.04. The topological polar surface area (TPSA) is 42.2 Å². The molecular formula is C16H14ClNO2. The van der Waals surface area contributed by atoms with E-state index in [4.69, 9.17) is 26.3 Å². The molecule has 20 heavy (non-hydrogen) atoms. The average Bonchev–Trinajstić information content (AvgIpc) is 2.49. The molecule has 0 aliphatic rings. The fraction of sp³-hybridized carbons (Fsp3) is 0.188. The fourth-order valence-electron chi connectivity index (χ4n) is 1.80. The second kappa shape index (κ2) is 6.95. The monoisotopic (exact) mass is 287 g/mol. The van der Waals surface area contributed by atoms with E-state index < -0.39 is 0 Å². The molecule has 0 N–H and O–H groups in total. The predicted molar refractivity (Wildman–Crippen MR) is 77.7 cm³/mol. The van der Waals surface area contributed by atoms with Crippen molar-refractivity contribution in [1.82, 2.24) is 0 Å². The minimum Gasteiger partial charge on any atom is -0.495 e. The Morgan fingerprint density at radius 3 is 2.35 bits per heavy atom. The molecule has 0 spiro atoms. The maximum absolute atomic E-state index is 9.02. The molecule has 2 aromatic rings. The molecule has 0 unspecified atom stereocenters. The van der Waals surface area contributed by atoms with Crippen LogP contribution in [-0.4, -0.2) is 7.11 Å². The Morgan fingerprint density at radius 1 is 1.05 bits per heavy atom. The van der Waals surface area contributed by atoms with Gasteiger partial charge in [0, 0.05) is 5.02 Å². The van der Waals surface area contributed by atoms with Crippen molar-refractivity contribution < 1.29 is 9.47 Å². The predicted octanol–water partition coefficient (Wildman–Crippen LogP) is 3.94. The molecule has 0 bridgehead atoms. The van der Waals surface area contributed by atoms with Crippen LogP contribution in [0.4, 0.5) is 0 Å². The standard InChI is InChI=1S/C16H14ClNO2/c1-19-16-7-4-13(8-14(16)9-18)11-20-10-12-2-5-15(17)6-3-12/h2-8H,10-11H2,1H3. The largest absolute Gasteiger partial charge is 0.495 e. The first kappa shape index (κ1) is 14.4. The molecule has 0 aromatic heterocycles. The first-order valence-corrected chi connectivity index (χ1v) is 6.50. The molecule has 0 fully saturated rings. The number of nitriles is 1. The summed E-state index contributed by atoms with van der Waals surface area (Å²) in [7, 11) is 1.55. The summed E-state index contributed by atoms with van der Waals surface area (Å²) < 4.78 is 10.7. The molecule has 0 amide bonds. The quantitative estimate of drug-likeness (QED) is 0.836. The molecule has 0 aliphatic heterocycles. The van der Waals surface area contributed by atoms with E-state index in [1.54, 1.807) is 19.2 Å². The Bertz CT molecular complexity index is 617.